The van der Waals surface area contributed by atoms with Gasteiger partial charge in [0, 0.05) is 30.1 Å². The van der Waals surface area contributed by atoms with E-state index < -0.39 is 11.9 Å². The number of aromatic nitrogens is 1. The number of carboxylic acids is 2. The normalized spacial score (nSPS) is 11.3. The minimum Gasteiger partial charge on any atom is -0.489 e. The van der Waals surface area contributed by atoms with Crippen molar-refractivity contribution in [2.45, 2.75) is 58.6 Å². The molecule has 6 nitrogen and oxygen atoms in total. The number of benzene rings is 3. The Morgan fingerprint density at radius 3 is 2.31 bits per heavy atom. The second-order valence-electron chi connectivity index (χ2n) is 9.77. The molecule has 0 amide bonds. The molecule has 0 aliphatic heterocycles. The van der Waals surface area contributed by atoms with E-state index in [1.54, 1.807) is 0 Å². The molecule has 2 N–H and O–H groups in total. The van der Waals surface area contributed by atoms with E-state index in [1.165, 1.54) is 18.4 Å². The molecule has 0 atom stereocenters. The summed E-state index contributed by atoms with van der Waals surface area (Å²) >= 11 is 0. The Balaban J connectivity index is 1.45. The predicted octanol–water partition coefficient (Wildman–Crippen LogP) is 7.23. The van der Waals surface area contributed by atoms with Crippen molar-refractivity contribution in [2.24, 2.45) is 0 Å². The predicted molar refractivity (Wildman–Crippen MR) is 155 cm³/mol. The summed E-state index contributed by atoms with van der Waals surface area (Å²) in [7, 11) is 0. The first-order valence-corrected chi connectivity index (χ1v) is 13.5. The Kier molecular flexibility index (Phi) is 9.57. The fourth-order valence-corrected chi connectivity index (χ4v) is 4.70. The summed E-state index contributed by atoms with van der Waals surface area (Å²) in [4.78, 5) is 22.5. The van der Waals surface area contributed by atoms with Gasteiger partial charge in [0.2, 0.25) is 0 Å². The molecule has 0 aliphatic rings. The third kappa shape index (κ3) is 7.84. The van der Waals surface area contributed by atoms with Gasteiger partial charge in [-0.3, -0.25) is 9.59 Å². The smallest absolute Gasteiger partial charge is 0.307 e. The van der Waals surface area contributed by atoms with E-state index in [4.69, 9.17) is 9.84 Å². The summed E-state index contributed by atoms with van der Waals surface area (Å²) in [5, 5.41) is 19.3. The maximum absolute atomic E-state index is 11.5. The molecule has 0 aliphatic carbocycles. The molecule has 1 aromatic heterocycles. The fourth-order valence-electron chi connectivity index (χ4n) is 4.70. The Morgan fingerprint density at radius 1 is 0.872 bits per heavy atom. The summed E-state index contributed by atoms with van der Waals surface area (Å²) in [6.45, 7) is 3.23. The number of hydrogen-bond acceptors (Lipinski definition) is 3. The van der Waals surface area contributed by atoms with Crippen molar-refractivity contribution in [1.82, 2.24) is 4.57 Å². The summed E-state index contributed by atoms with van der Waals surface area (Å²) in [5.41, 5.74) is 6.04. The van der Waals surface area contributed by atoms with Crippen LogP contribution < -0.4 is 4.74 Å². The molecule has 4 aromatic rings. The van der Waals surface area contributed by atoms with Gasteiger partial charge in [0.25, 0.3) is 0 Å². The van der Waals surface area contributed by atoms with Crippen LogP contribution in [0, 0.1) is 0 Å². The molecule has 0 bridgehead atoms. The zero-order valence-corrected chi connectivity index (χ0v) is 22.3. The average Bonchev–Trinajstić information content (AvgIpc) is 3.27. The van der Waals surface area contributed by atoms with Gasteiger partial charge < -0.3 is 19.5 Å². The number of fused-ring (bicyclic) bond motifs is 1. The molecule has 39 heavy (non-hydrogen) atoms. The van der Waals surface area contributed by atoms with Crippen LogP contribution in [0.2, 0.25) is 0 Å². The topological polar surface area (TPSA) is 88.8 Å². The van der Waals surface area contributed by atoms with E-state index in [1.807, 2.05) is 65.4 Å². The van der Waals surface area contributed by atoms with Gasteiger partial charge in [0.15, 0.2) is 0 Å². The molecule has 0 radical (unpaired) electrons. The molecule has 0 fully saturated rings. The number of unbranched alkanes of at least 4 members (excludes halogenated alkanes) is 1. The highest BCUT2D eigenvalue weighted by Crippen LogP contribution is 2.28. The molecular weight excluding hydrogens is 490 g/mol. The van der Waals surface area contributed by atoms with E-state index in [2.05, 4.69) is 31.2 Å². The summed E-state index contributed by atoms with van der Waals surface area (Å²) < 4.78 is 7.93. The zero-order valence-electron chi connectivity index (χ0n) is 22.3. The van der Waals surface area contributed by atoms with Crippen molar-refractivity contribution in [1.29, 1.82) is 0 Å². The number of carbonyl (C=O) groups is 2. The lowest BCUT2D eigenvalue weighted by atomic mass is 10.0. The highest BCUT2D eigenvalue weighted by molar-refractivity contribution is 5.96. The van der Waals surface area contributed by atoms with Crippen LogP contribution in [-0.2, 0) is 35.6 Å². The third-order valence-corrected chi connectivity index (χ3v) is 6.73. The largest absolute Gasteiger partial charge is 0.489 e. The van der Waals surface area contributed by atoms with Crippen LogP contribution in [0.4, 0.5) is 0 Å². The second kappa shape index (κ2) is 13.5. The first-order valence-electron chi connectivity index (χ1n) is 13.5. The molecule has 3 aromatic carbocycles. The molecule has 1 heterocycles. The molecule has 0 saturated heterocycles. The number of aliphatic carboxylic acids is 2. The van der Waals surface area contributed by atoms with Gasteiger partial charge >= 0.3 is 11.9 Å². The van der Waals surface area contributed by atoms with Gasteiger partial charge in [0.05, 0.1) is 6.42 Å². The van der Waals surface area contributed by atoms with E-state index in [0.717, 1.165) is 45.3 Å². The maximum atomic E-state index is 11.5. The number of nitrogens with zero attached hydrogens (tertiary/aromatic N) is 1. The number of aryl methyl sites for hydroxylation is 2. The lowest BCUT2D eigenvalue weighted by Gasteiger charge is -2.08. The number of ether oxygens (including phenoxy) is 1. The highest BCUT2D eigenvalue weighted by atomic mass is 16.5. The SMILES string of the molecule is CCCCc1ccc(COc2ccc(C=Cc3cccc4c3c(CC(=O)O)cn4CCCC(=O)O)cc2)cc1. The van der Waals surface area contributed by atoms with Crippen LogP contribution in [0.3, 0.4) is 0 Å². The monoisotopic (exact) mass is 525 g/mol. The van der Waals surface area contributed by atoms with Crippen LogP contribution in [0.15, 0.2) is 72.9 Å². The first-order chi connectivity index (χ1) is 18.9. The van der Waals surface area contributed by atoms with Crippen LogP contribution in [0.25, 0.3) is 23.1 Å². The molecule has 0 unspecified atom stereocenters. The van der Waals surface area contributed by atoms with Gasteiger partial charge in [-0.25, -0.2) is 0 Å². The maximum Gasteiger partial charge on any atom is 0.307 e. The molecule has 4 rings (SSSR count). The van der Waals surface area contributed by atoms with Gasteiger partial charge in [-0.15, -0.1) is 0 Å². The van der Waals surface area contributed by atoms with Gasteiger partial charge in [-0.05, 0) is 65.3 Å². The fraction of sp³-hybridized carbons (Fsp3) is 0.273. The zero-order chi connectivity index (χ0) is 27.6. The number of rotatable bonds is 14. The van der Waals surface area contributed by atoms with Crippen molar-refractivity contribution in [3.05, 3.63) is 101 Å². The number of carboxylic acid groups (broad SMARTS) is 2. The quantitative estimate of drug-likeness (QED) is 0.170. The molecular formula is C33H35NO5. The third-order valence-electron chi connectivity index (χ3n) is 6.73. The molecule has 6 heteroatoms. The van der Waals surface area contributed by atoms with E-state index in [0.29, 0.717) is 19.6 Å². The second-order valence-corrected chi connectivity index (χ2v) is 9.77. The van der Waals surface area contributed by atoms with Gasteiger partial charge in [-0.2, -0.15) is 0 Å². The molecule has 0 spiro atoms. The Morgan fingerprint density at radius 2 is 1.62 bits per heavy atom. The van der Waals surface area contributed by atoms with Crippen molar-refractivity contribution in [3.8, 4) is 5.75 Å². The van der Waals surface area contributed by atoms with E-state index in [9.17, 15) is 14.7 Å². The van der Waals surface area contributed by atoms with Crippen LogP contribution in [0.5, 0.6) is 5.75 Å². The van der Waals surface area contributed by atoms with E-state index in [-0.39, 0.29) is 12.8 Å². The highest BCUT2D eigenvalue weighted by Gasteiger charge is 2.14. The Bertz CT molecular complexity index is 1430. The lowest BCUT2D eigenvalue weighted by molar-refractivity contribution is -0.137. The molecule has 202 valence electrons. The van der Waals surface area contributed by atoms with Crippen molar-refractivity contribution in [2.75, 3.05) is 0 Å². The summed E-state index contributed by atoms with van der Waals surface area (Å²) in [6.07, 6.45) is 9.79. The average molecular weight is 526 g/mol. The number of hydrogen-bond donors (Lipinski definition) is 2. The van der Waals surface area contributed by atoms with Gasteiger partial charge in [0.1, 0.15) is 12.4 Å². The summed E-state index contributed by atoms with van der Waals surface area (Å²) in [5.74, 6) is -0.943. The molecule has 0 saturated carbocycles. The van der Waals surface area contributed by atoms with E-state index >= 15 is 0 Å². The summed E-state index contributed by atoms with van der Waals surface area (Å²) in [6, 6.07) is 22.3. The van der Waals surface area contributed by atoms with Crippen LogP contribution in [0.1, 0.15) is 60.4 Å². The minimum atomic E-state index is -0.901. The lowest BCUT2D eigenvalue weighted by Crippen LogP contribution is -2.01. The minimum absolute atomic E-state index is 0.0680. The first kappa shape index (κ1) is 27.7. The van der Waals surface area contributed by atoms with Crippen molar-refractivity contribution >= 4 is 35.0 Å². The Labute approximate surface area is 229 Å². The van der Waals surface area contributed by atoms with Gasteiger partial charge in [-0.1, -0.05) is 74.0 Å². The van der Waals surface area contributed by atoms with Crippen molar-refractivity contribution < 1.29 is 24.5 Å². The van der Waals surface area contributed by atoms with Crippen molar-refractivity contribution in [3.63, 3.8) is 0 Å². The van der Waals surface area contributed by atoms with Crippen LogP contribution in [-0.4, -0.2) is 26.7 Å². The standard InChI is InChI=1S/C33H35NO5/c1-2-3-6-24-10-12-26(13-11-24)23-39-29-18-15-25(16-19-29)14-17-27-7-4-8-30-33(27)28(21-32(37)38)22-34(30)20-5-9-31(35)36/h4,7-8,10-19,22H,2-3,5-6,9,20-21,23H2,1H3,(H,35,36)(H,37,38). The Hall–Kier alpha value is -4.32. The van der Waals surface area contributed by atoms with Crippen LogP contribution >= 0.6 is 0 Å².